The number of urea groups is 1. The molecule has 1 aliphatic rings. The van der Waals surface area contributed by atoms with Crippen molar-refractivity contribution in [1.29, 1.82) is 0 Å². The molecule has 22 heavy (non-hydrogen) atoms. The summed E-state index contributed by atoms with van der Waals surface area (Å²) in [5.41, 5.74) is 1.13. The topological polar surface area (TPSA) is 54.7 Å². The van der Waals surface area contributed by atoms with Gasteiger partial charge in [0.25, 0.3) is 0 Å². The molecule has 6 heteroatoms. The van der Waals surface area contributed by atoms with E-state index >= 15 is 0 Å². The van der Waals surface area contributed by atoms with Crippen molar-refractivity contribution in [3.63, 3.8) is 0 Å². The Morgan fingerprint density at radius 1 is 1.50 bits per heavy atom. The minimum Gasteiger partial charge on any atom is -0.461 e. The summed E-state index contributed by atoms with van der Waals surface area (Å²) < 4.78 is 10.9. The van der Waals surface area contributed by atoms with Crippen molar-refractivity contribution < 1.29 is 13.9 Å². The summed E-state index contributed by atoms with van der Waals surface area (Å²) in [5, 5.41) is 7.05. The van der Waals surface area contributed by atoms with Crippen molar-refractivity contribution in [1.82, 2.24) is 10.2 Å². The summed E-state index contributed by atoms with van der Waals surface area (Å²) in [6.07, 6.45) is 1.93. The van der Waals surface area contributed by atoms with E-state index in [1.807, 2.05) is 33.9 Å². The van der Waals surface area contributed by atoms with Gasteiger partial charge in [-0.25, -0.2) is 4.79 Å². The van der Waals surface area contributed by atoms with Crippen LogP contribution in [0.3, 0.4) is 0 Å². The largest absolute Gasteiger partial charge is 0.461 e. The van der Waals surface area contributed by atoms with Gasteiger partial charge in [-0.3, -0.25) is 0 Å². The van der Waals surface area contributed by atoms with Crippen LogP contribution in [-0.2, 0) is 17.9 Å². The van der Waals surface area contributed by atoms with Crippen molar-refractivity contribution in [2.75, 3.05) is 13.7 Å². The number of furan rings is 1. The highest BCUT2D eigenvalue weighted by atomic mass is 32.1. The average Bonchev–Trinajstić information content (AvgIpc) is 3.25. The molecule has 1 N–H and O–H groups in total. The van der Waals surface area contributed by atoms with Gasteiger partial charge in [0, 0.05) is 20.2 Å². The molecule has 118 valence electrons. The van der Waals surface area contributed by atoms with Crippen LogP contribution in [0.2, 0.25) is 0 Å². The molecule has 1 unspecified atom stereocenters. The Morgan fingerprint density at radius 3 is 3.18 bits per heavy atom. The van der Waals surface area contributed by atoms with E-state index in [2.05, 4.69) is 5.32 Å². The monoisotopic (exact) mass is 320 g/mol. The lowest BCUT2D eigenvalue weighted by Gasteiger charge is -2.23. The molecular formula is C16H20N2O3S. The first-order valence-corrected chi connectivity index (χ1v) is 8.35. The molecule has 0 bridgehead atoms. The first-order chi connectivity index (χ1) is 10.8. The van der Waals surface area contributed by atoms with Gasteiger partial charge in [0.1, 0.15) is 18.1 Å². The third-order valence-corrected chi connectivity index (χ3v) is 4.57. The minimum atomic E-state index is -0.0293. The van der Waals surface area contributed by atoms with E-state index in [9.17, 15) is 4.79 Å². The van der Waals surface area contributed by atoms with Crippen molar-refractivity contribution in [3.05, 3.63) is 46.0 Å². The Balaban J connectivity index is 1.62. The SMILES string of the molecule is COCc1ccc(C2CCCN2C(=O)NCc2ccsc2)o1. The number of thiophene rings is 1. The van der Waals surface area contributed by atoms with Gasteiger partial charge in [-0.05, 0) is 47.4 Å². The van der Waals surface area contributed by atoms with Gasteiger partial charge in [0.15, 0.2) is 0 Å². The Kier molecular flexibility index (Phi) is 4.80. The molecular weight excluding hydrogens is 300 g/mol. The third-order valence-electron chi connectivity index (χ3n) is 3.83. The minimum absolute atomic E-state index is 0.0214. The number of rotatable bonds is 5. The molecule has 1 aliphatic heterocycles. The van der Waals surface area contributed by atoms with Gasteiger partial charge < -0.3 is 19.4 Å². The van der Waals surface area contributed by atoms with E-state index in [0.29, 0.717) is 13.2 Å². The molecule has 3 rings (SSSR count). The number of nitrogens with one attached hydrogen (secondary N) is 1. The quantitative estimate of drug-likeness (QED) is 0.917. The summed E-state index contributed by atoms with van der Waals surface area (Å²) in [6, 6.07) is 5.88. The summed E-state index contributed by atoms with van der Waals surface area (Å²) in [7, 11) is 1.64. The summed E-state index contributed by atoms with van der Waals surface area (Å²) in [6.45, 7) is 1.79. The third kappa shape index (κ3) is 3.34. The Labute approximate surface area is 133 Å². The molecule has 5 nitrogen and oxygen atoms in total. The fourth-order valence-corrected chi connectivity index (χ4v) is 3.44. The van der Waals surface area contributed by atoms with Crippen LogP contribution in [-0.4, -0.2) is 24.6 Å². The van der Waals surface area contributed by atoms with Crippen LogP contribution < -0.4 is 5.32 Å². The van der Waals surface area contributed by atoms with Crippen LogP contribution in [0.5, 0.6) is 0 Å². The molecule has 2 aromatic heterocycles. The number of hydrogen-bond acceptors (Lipinski definition) is 4. The van der Waals surface area contributed by atoms with Gasteiger partial charge in [-0.15, -0.1) is 0 Å². The molecule has 1 saturated heterocycles. The zero-order chi connectivity index (χ0) is 15.4. The van der Waals surface area contributed by atoms with Gasteiger partial charge >= 0.3 is 6.03 Å². The summed E-state index contributed by atoms with van der Waals surface area (Å²) in [5.74, 6) is 1.64. The van der Waals surface area contributed by atoms with E-state index in [1.54, 1.807) is 18.4 Å². The van der Waals surface area contributed by atoms with Gasteiger partial charge in [0.2, 0.25) is 0 Å². The highest BCUT2D eigenvalue weighted by Crippen LogP contribution is 2.33. The predicted octanol–water partition coefficient (Wildman–Crippen LogP) is 3.53. The van der Waals surface area contributed by atoms with Crippen LogP contribution in [0.4, 0.5) is 4.79 Å². The van der Waals surface area contributed by atoms with Crippen LogP contribution in [0, 0.1) is 0 Å². The molecule has 2 aromatic rings. The lowest BCUT2D eigenvalue weighted by Crippen LogP contribution is -2.38. The number of amides is 2. The number of carbonyl (C=O) groups excluding carboxylic acids is 1. The maximum Gasteiger partial charge on any atom is 0.318 e. The van der Waals surface area contributed by atoms with Gasteiger partial charge in [-0.1, -0.05) is 0 Å². The molecule has 0 aliphatic carbocycles. The van der Waals surface area contributed by atoms with E-state index in [0.717, 1.165) is 36.5 Å². The second kappa shape index (κ2) is 6.98. The highest BCUT2D eigenvalue weighted by Gasteiger charge is 2.32. The average molecular weight is 320 g/mol. The number of hydrogen-bond donors (Lipinski definition) is 1. The van der Waals surface area contributed by atoms with Crippen LogP contribution >= 0.6 is 11.3 Å². The number of likely N-dealkylation sites (tertiary alicyclic amines) is 1. The Hall–Kier alpha value is -1.79. The van der Waals surface area contributed by atoms with Crippen LogP contribution in [0.25, 0.3) is 0 Å². The predicted molar refractivity (Wildman–Crippen MR) is 84.7 cm³/mol. The molecule has 0 spiro atoms. The lowest BCUT2D eigenvalue weighted by molar-refractivity contribution is 0.156. The van der Waals surface area contributed by atoms with Crippen molar-refractivity contribution in [2.24, 2.45) is 0 Å². The molecule has 0 aromatic carbocycles. The molecule has 2 amide bonds. The Morgan fingerprint density at radius 2 is 2.41 bits per heavy atom. The zero-order valence-electron chi connectivity index (χ0n) is 12.6. The van der Waals surface area contributed by atoms with Gasteiger partial charge in [0.05, 0.1) is 6.04 Å². The van der Waals surface area contributed by atoms with E-state index in [-0.39, 0.29) is 12.1 Å². The second-order valence-electron chi connectivity index (χ2n) is 5.38. The molecule has 1 atom stereocenters. The van der Waals surface area contributed by atoms with Crippen molar-refractivity contribution in [3.8, 4) is 0 Å². The normalized spacial score (nSPS) is 17.9. The number of carbonyl (C=O) groups is 1. The molecule has 3 heterocycles. The van der Waals surface area contributed by atoms with E-state index in [4.69, 9.17) is 9.15 Å². The maximum absolute atomic E-state index is 12.4. The van der Waals surface area contributed by atoms with Crippen molar-refractivity contribution in [2.45, 2.75) is 32.0 Å². The molecule has 1 fully saturated rings. The molecule has 0 saturated carbocycles. The number of methoxy groups -OCH3 is 1. The molecule has 0 radical (unpaired) electrons. The number of ether oxygens (including phenoxy) is 1. The summed E-state index contributed by atoms with van der Waals surface area (Å²) in [4.78, 5) is 14.3. The van der Waals surface area contributed by atoms with Crippen LogP contribution in [0.1, 0.15) is 36.0 Å². The maximum atomic E-state index is 12.4. The summed E-state index contributed by atoms with van der Waals surface area (Å²) >= 11 is 1.64. The van der Waals surface area contributed by atoms with E-state index in [1.165, 1.54) is 0 Å². The van der Waals surface area contributed by atoms with Gasteiger partial charge in [-0.2, -0.15) is 11.3 Å². The number of nitrogens with zero attached hydrogens (tertiary/aromatic N) is 1. The second-order valence-corrected chi connectivity index (χ2v) is 6.16. The van der Waals surface area contributed by atoms with Crippen molar-refractivity contribution >= 4 is 17.4 Å². The smallest absolute Gasteiger partial charge is 0.318 e. The zero-order valence-corrected chi connectivity index (χ0v) is 13.4. The standard InChI is InChI=1S/C16H20N2O3S/c1-20-10-13-4-5-15(21-13)14-3-2-7-18(14)16(19)17-9-12-6-8-22-11-12/h4-6,8,11,14H,2-3,7,9-10H2,1H3,(H,17,19). The fraction of sp³-hybridized carbons (Fsp3) is 0.438. The first-order valence-electron chi connectivity index (χ1n) is 7.41. The van der Waals surface area contributed by atoms with E-state index < -0.39 is 0 Å². The Bertz CT molecular complexity index is 609. The lowest BCUT2D eigenvalue weighted by atomic mass is 10.2. The van der Waals surface area contributed by atoms with Crippen LogP contribution in [0.15, 0.2) is 33.4 Å². The highest BCUT2D eigenvalue weighted by molar-refractivity contribution is 7.07. The fourth-order valence-electron chi connectivity index (χ4n) is 2.77. The first kappa shape index (κ1) is 15.1.